The maximum absolute atomic E-state index is 12.0. The first-order valence-electron chi connectivity index (χ1n) is 8.50. The van der Waals surface area contributed by atoms with Crippen LogP contribution in [-0.4, -0.2) is 52.9 Å². The van der Waals surface area contributed by atoms with E-state index in [0.717, 1.165) is 31.4 Å². The van der Waals surface area contributed by atoms with Gasteiger partial charge in [0.2, 0.25) is 0 Å². The van der Waals surface area contributed by atoms with Crippen molar-refractivity contribution in [3.8, 4) is 0 Å². The molecular weight excluding hydrogens is 441 g/mol. The van der Waals surface area contributed by atoms with Gasteiger partial charge in [0.05, 0.1) is 12.5 Å². The maximum atomic E-state index is 12.0. The van der Waals surface area contributed by atoms with Gasteiger partial charge >= 0.3 is 5.97 Å². The number of hydrogen-bond acceptors (Lipinski definition) is 4. The van der Waals surface area contributed by atoms with E-state index in [1.54, 1.807) is 7.05 Å². The summed E-state index contributed by atoms with van der Waals surface area (Å²) in [5.74, 6) is 1.21. The van der Waals surface area contributed by atoms with E-state index in [9.17, 15) is 9.00 Å². The van der Waals surface area contributed by atoms with Gasteiger partial charge in [-0.25, -0.2) is 0 Å². The number of hydrogen-bond donors (Lipinski definition) is 2. The molecule has 1 aliphatic rings. The number of esters is 1. The van der Waals surface area contributed by atoms with Crippen molar-refractivity contribution in [2.24, 2.45) is 4.99 Å². The van der Waals surface area contributed by atoms with Crippen LogP contribution in [0.25, 0.3) is 0 Å². The third-order valence-electron chi connectivity index (χ3n) is 3.84. The molecule has 0 heterocycles. The fourth-order valence-corrected chi connectivity index (χ4v) is 4.09. The normalized spacial score (nSPS) is 22.5. The molecule has 142 valence electrons. The Morgan fingerprint density at radius 1 is 1.38 bits per heavy atom. The summed E-state index contributed by atoms with van der Waals surface area (Å²) in [5.41, 5.74) is 0. The van der Waals surface area contributed by atoms with Crippen LogP contribution in [0.5, 0.6) is 0 Å². The summed E-state index contributed by atoms with van der Waals surface area (Å²) in [7, 11) is 0.985. The van der Waals surface area contributed by atoms with E-state index in [2.05, 4.69) is 15.6 Å². The summed E-state index contributed by atoms with van der Waals surface area (Å²) >= 11 is 0. The van der Waals surface area contributed by atoms with Crippen LogP contribution in [-0.2, 0) is 20.3 Å². The first-order valence-corrected chi connectivity index (χ1v) is 9.88. The molecule has 0 radical (unpaired) electrons. The minimum Gasteiger partial charge on any atom is -0.463 e. The van der Waals surface area contributed by atoms with E-state index in [1.807, 2.05) is 20.8 Å². The van der Waals surface area contributed by atoms with Gasteiger partial charge in [-0.1, -0.05) is 13.3 Å². The first kappa shape index (κ1) is 23.6. The van der Waals surface area contributed by atoms with E-state index in [4.69, 9.17) is 4.74 Å². The van der Waals surface area contributed by atoms with Gasteiger partial charge < -0.3 is 15.4 Å². The molecule has 1 aliphatic carbocycles. The van der Waals surface area contributed by atoms with Crippen LogP contribution in [0.15, 0.2) is 4.99 Å². The lowest BCUT2D eigenvalue weighted by molar-refractivity contribution is -0.147. The fourth-order valence-electron chi connectivity index (χ4n) is 2.74. The summed E-state index contributed by atoms with van der Waals surface area (Å²) < 4.78 is 17.1. The Labute approximate surface area is 165 Å². The highest BCUT2D eigenvalue weighted by Gasteiger charge is 2.26. The third kappa shape index (κ3) is 9.19. The van der Waals surface area contributed by atoms with Gasteiger partial charge in [0.1, 0.15) is 0 Å². The summed E-state index contributed by atoms with van der Waals surface area (Å²) in [6.45, 7) is 6.14. The minimum absolute atomic E-state index is 0. The number of nitrogens with zero attached hydrogens (tertiary/aromatic N) is 1. The quantitative estimate of drug-likeness (QED) is 0.257. The predicted octanol–water partition coefficient (Wildman–Crippen LogP) is 2.19. The third-order valence-corrected chi connectivity index (χ3v) is 5.58. The Kier molecular flexibility index (Phi) is 12.7. The maximum Gasteiger partial charge on any atom is 0.307 e. The number of carbonyl (C=O) groups is 1. The van der Waals surface area contributed by atoms with Crippen molar-refractivity contribution >= 4 is 46.7 Å². The van der Waals surface area contributed by atoms with Crippen molar-refractivity contribution in [2.45, 2.75) is 70.3 Å². The lowest BCUT2D eigenvalue weighted by atomic mass is 9.95. The second kappa shape index (κ2) is 12.9. The molecule has 0 saturated heterocycles. The van der Waals surface area contributed by atoms with E-state index < -0.39 is 10.8 Å². The minimum atomic E-state index is -0.730. The average molecular weight is 473 g/mol. The number of halogens is 1. The molecule has 2 N–H and O–H groups in total. The lowest BCUT2D eigenvalue weighted by Gasteiger charge is -2.30. The van der Waals surface area contributed by atoms with Gasteiger partial charge in [-0.15, -0.1) is 24.0 Å². The second-order valence-corrected chi connectivity index (χ2v) is 8.09. The standard InChI is InChI=1S/C16H31N3O3S.HI/c1-5-23(21)14-8-6-7-13(11-14)19-16(17-4)18-10-9-15(20)22-12(2)3;/h12-14H,5-11H2,1-4H3,(H2,17,18,19);1H. The highest BCUT2D eigenvalue weighted by atomic mass is 127. The molecule has 3 unspecified atom stereocenters. The van der Waals surface area contributed by atoms with Gasteiger partial charge in [0.25, 0.3) is 0 Å². The van der Waals surface area contributed by atoms with Crippen LogP contribution in [0.1, 0.15) is 52.9 Å². The van der Waals surface area contributed by atoms with Crippen LogP contribution < -0.4 is 10.6 Å². The fraction of sp³-hybridized carbons (Fsp3) is 0.875. The number of ether oxygens (including phenoxy) is 1. The lowest BCUT2D eigenvalue weighted by Crippen LogP contribution is -2.47. The topological polar surface area (TPSA) is 79.8 Å². The Balaban J connectivity index is 0.00000529. The zero-order valence-corrected chi connectivity index (χ0v) is 18.3. The van der Waals surface area contributed by atoms with Crippen molar-refractivity contribution in [1.29, 1.82) is 0 Å². The van der Waals surface area contributed by atoms with Crippen LogP contribution in [0.2, 0.25) is 0 Å². The molecule has 1 saturated carbocycles. The van der Waals surface area contributed by atoms with Crippen LogP contribution in [0.4, 0.5) is 0 Å². The predicted molar refractivity (Wildman–Crippen MR) is 110 cm³/mol. The summed E-state index contributed by atoms with van der Waals surface area (Å²) in [5, 5.41) is 6.81. The molecule has 0 aromatic rings. The van der Waals surface area contributed by atoms with Crippen LogP contribution >= 0.6 is 24.0 Å². The second-order valence-electron chi connectivity index (χ2n) is 6.09. The molecular formula is C16H32IN3O3S. The zero-order valence-electron chi connectivity index (χ0n) is 15.2. The number of carbonyl (C=O) groups excluding carboxylic acids is 1. The monoisotopic (exact) mass is 473 g/mol. The van der Waals surface area contributed by atoms with Gasteiger partial charge in [0.15, 0.2) is 5.96 Å². The molecule has 24 heavy (non-hydrogen) atoms. The Morgan fingerprint density at radius 3 is 2.67 bits per heavy atom. The van der Waals surface area contributed by atoms with Crippen molar-refractivity contribution in [3.63, 3.8) is 0 Å². The number of rotatable bonds is 7. The smallest absolute Gasteiger partial charge is 0.307 e. The summed E-state index contributed by atoms with van der Waals surface area (Å²) in [4.78, 5) is 15.7. The Hall–Kier alpha value is -0.380. The highest BCUT2D eigenvalue weighted by molar-refractivity contribution is 14.0. The van der Waals surface area contributed by atoms with Gasteiger partial charge in [0, 0.05) is 41.4 Å². The summed E-state index contributed by atoms with van der Waals surface area (Å²) in [6.07, 6.45) is 4.34. The zero-order chi connectivity index (χ0) is 17.2. The molecule has 0 spiro atoms. The SMILES string of the molecule is CCS(=O)C1CCCC(NC(=NC)NCCC(=O)OC(C)C)C1.I. The molecule has 6 nitrogen and oxygen atoms in total. The molecule has 1 rings (SSSR count). The van der Waals surface area contributed by atoms with Gasteiger partial charge in [-0.2, -0.15) is 0 Å². The number of nitrogens with one attached hydrogen (secondary N) is 2. The van der Waals surface area contributed by atoms with Gasteiger partial charge in [-0.3, -0.25) is 14.0 Å². The van der Waals surface area contributed by atoms with E-state index in [-0.39, 0.29) is 47.3 Å². The van der Waals surface area contributed by atoms with Crippen molar-refractivity contribution in [2.75, 3.05) is 19.3 Å². The summed E-state index contributed by atoms with van der Waals surface area (Å²) in [6, 6.07) is 0.290. The van der Waals surface area contributed by atoms with E-state index in [1.165, 1.54) is 0 Å². The Morgan fingerprint density at radius 2 is 2.08 bits per heavy atom. The average Bonchev–Trinajstić information content (AvgIpc) is 2.52. The molecule has 8 heteroatoms. The van der Waals surface area contributed by atoms with Crippen LogP contribution in [0.3, 0.4) is 0 Å². The Bertz CT molecular complexity index is 433. The molecule has 3 atom stereocenters. The largest absolute Gasteiger partial charge is 0.463 e. The first-order chi connectivity index (χ1) is 11.0. The molecule has 0 amide bonds. The van der Waals surface area contributed by atoms with E-state index in [0.29, 0.717) is 18.9 Å². The molecule has 0 aliphatic heterocycles. The van der Waals surface area contributed by atoms with Crippen molar-refractivity contribution < 1.29 is 13.7 Å². The van der Waals surface area contributed by atoms with E-state index >= 15 is 0 Å². The molecule has 0 aromatic heterocycles. The van der Waals surface area contributed by atoms with Crippen LogP contribution in [0, 0.1) is 0 Å². The number of aliphatic imine (C=N–C) groups is 1. The molecule has 1 fully saturated rings. The van der Waals surface area contributed by atoms with Crippen molar-refractivity contribution in [3.05, 3.63) is 0 Å². The van der Waals surface area contributed by atoms with Crippen molar-refractivity contribution in [1.82, 2.24) is 10.6 Å². The number of guanidine groups is 1. The van der Waals surface area contributed by atoms with Gasteiger partial charge in [-0.05, 0) is 33.1 Å². The molecule has 0 aromatic carbocycles. The highest BCUT2D eigenvalue weighted by Crippen LogP contribution is 2.22. The molecule has 0 bridgehead atoms.